The van der Waals surface area contributed by atoms with Crippen LogP contribution in [0.3, 0.4) is 0 Å². The number of aryl methyl sites for hydroxylation is 1. The van der Waals surface area contributed by atoms with Gasteiger partial charge in [-0.2, -0.15) is 0 Å². The lowest BCUT2D eigenvalue weighted by molar-refractivity contribution is -0.127. The molecule has 2 aromatic carbocycles. The molecule has 4 nitrogen and oxygen atoms in total. The zero-order valence-corrected chi connectivity index (χ0v) is 17.7. The van der Waals surface area contributed by atoms with Crippen molar-refractivity contribution in [2.24, 2.45) is 5.92 Å². The smallest absolute Gasteiger partial charge is 0.223 e. The van der Waals surface area contributed by atoms with Gasteiger partial charge in [-0.25, -0.2) is 4.39 Å². The Morgan fingerprint density at radius 2 is 1.93 bits per heavy atom. The summed E-state index contributed by atoms with van der Waals surface area (Å²) in [5, 5.41) is 3.50. The Balaban J connectivity index is 1.41. The van der Waals surface area contributed by atoms with Gasteiger partial charge in [0.2, 0.25) is 5.91 Å². The van der Waals surface area contributed by atoms with Crippen LogP contribution in [0.4, 0.5) is 4.39 Å². The van der Waals surface area contributed by atoms with Crippen LogP contribution < -0.4 is 10.1 Å². The van der Waals surface area contributed by atoms with E-state index in [1.54, 1.807) is 12.1 Å². The summed E-state index contributed by atoms with van der Waals surface area (Å²) >= 11 is 6.12. The first-order valence-electron chi connectivity index (χ1n) is 10.1. The zero-order valence-electron chi connectivity index (χ0n) is 17.0. The third-order valence-corrected chi connectivity index (χ3v) is 5.67. The predicted molar refractivity (Wildman–Crippen MR) is 114 cm³/mol. The average molecular weight is 419 g/mol. The number of amides is 1. The molecule has 1 heterocycles. The van der Waals surface area contributed by atoms with Crippen molar-refractivity contribution >= 4 is 17.5 Å². The lowest BCUT2D eigenvalue weighted by Gasteiger charge is -2.32. The number of benzene rings is 2. The molecular formula is C23H28ClFN2O2. The molecule has 1 N–H and O–H groups in total. The molecule has 0 aromatic heterocycles. The Labute approximate surface area is 177 Å². The lowest BCUT2D eigenvalue weighted by Crippen LogP contribution is -2.44. The summed E-state index contributed by atoms with van der Waals surface area (Å²) < 4.78 is 19.7. The first-order valence-corrected chi connectivity index (χ1v) is 10.4. The van der Waals surface area contributed by atoms with Gasteiger partial charge >= 0.3 is 0 Å². The van der Waals surface area contributed by atoms with Gasteiger partial charge in [-0.3, -0.25) is 9.69 Å². The molecule has 3 rings (SSSR count). The van der Waals surface area contributed by atoms with Crippen LogP contribution >= 0.6 is 11.6 Å². The van der Waals surface area contributed by atoms with E-state index in [0.29, 0.717) is 23.7 Å². The maximum absolute atomic E-state index is 14.0. The quantitative estimate of drug-likeness (QED) is 0.715. The molecule has 0 saturated carbocycles. The summed E-state index contributed by atoms with van der Waals surface area (Å²) in [6, 6.07) is 12.5. The van der Waals surface area contributed by atoms with Crippen LogP contribution in [-0.2, 0) is 11.3 Å². The van der Waals surface area contributed by atoms with E-state index in [0.717, 1.165) is 31.7 Å². The molecule has 0 aliphatic carbocycles. The Morgan fingerprint density at radius 1 is 1.24 bits per heavy atom. The van der Waals surface area contributed by atoms with E-state index >= 15 is 0 Å². The standard InChI is InChI=1S/C23H28ClFN2O2/c1-16-6-8-19(9-7-16)29-15-17(2)26-23(28)18-10-12-27(13-11-18)14-20-21(24)4-3-5-22(20)25/h3-9,17-18H,10-15H2,1-2H3,(H,26,28)/t17-/m1/s1. The van der Waals surface area contributed by atoms with Crippen molar-refractivity contribution in [1.82, 2.24) is 10.2 Å². The number of carbonyl (C=O) groups excluding carboxylic acids is 1. The first-order chi connectivity index (χ1) is 13.9. The number of nitrogens with zero attached hydrogens (tertiary/aromatic N) is 1. The number of ether oxygens (including phenoxy) is 1. The molecule has 1 fully saturated rings. The second-order valence-corrected chi connectivity index (χ2v) is 8.19. The second-order valence-electron chi connectivity index (χ2n) is 7.78. The van der Waals surface area contributed by atoms with E-state index < -0.39 is 0 Å². The highest BCUT2D eigenvalue weighted by Crippen LogP contribution is 2.24. The van der Waals surface area contributed by atoms with Crippen LogP contribution in [0.25, 0.3) is 0 Å². The fourth-order valence-corrected chi connectivity index (χ4v) is 3.74. The van der Waals surface area contributed by atoms with Crippen LogP contribution in [0.2, 0.25) is 5.02 Å². The summed E-state index contributed by atoms with van der Waals surface area (Å²) in [6.07, 6.45) is 1.51. The number of nitrogens with one attached hydrogen (secondary N) is 1. The summed E-state index contributed by atoms with van der Waals surface area (Å²) in [6.45, 7) is 6.37. The molecule has 0 radical (unpaired) electrons. The summed E-state index contributed by atoms with van der Waals surface area (Å²) in [4.78, 5) is 14.7. The van der Waals surface area contributed by atoms with E-state index in [9.17, 15) is 9.18 Å². The van der Waals surface area contributed by atoms with Gasteiger partial charge in [0.05, 0.1) is 6.04 Å². The molecule has 6 heteroatoms. The van der Waals surface area contributed by atoms with Gasteiger partial charge in [0.25, 0.3) is 0 Å². The Hall–Kier alpha value is -2.11. The van der Waals surface area contributed by atoms with Gasteiger partial charge in [-0.15, -0.1) is 0 Å². The van der Waals surface area contributed by atoms with Gasteiger partial charge in [0, 0.05) is 23.0 Å². The highest BCUT2D eigenvalue weighted by molar-refractivity contribution is 6.31. The van der Waals surface area contributed by atoms with Crippen molar-refractivity contribution in [2.45, 2.75) is 39.3 Å². The van der Waals surface area contributed by atoms with E-state index in [-0.39, 0.29) is 23.7 Å². The number of hydrogen-bond donors (Lipinski definition) is 1. The maximum Gasteiger partial charge on any atom is 0.223 e. The average Bonchev–Trinajstić information content (AvgIpc) is 2.71. The third-order valence-electron chi connectivity index (χ3n) is 5.31. The second kappa shape index (κ2) is 10.1. The first kappa shape index (κ1) is 21.6. The molecule has 1 aliphatic heterocycles. The molecule has 1 aliphatic rings. The number of carbonyl (C=O) groups is 1. The Bertz CT molecular complexity index is 800. The van der Waals surface area contributed by atoms with E-state index in [1.807, 2.05) is 38.1 Å². The molecule has 1 amide bonds. The predicted octanol–water partition coefficient (Wildman–Crippen LogP) is 4.58. The van der Waals surface area contributed by atoms with Gasteiger partial charge in [0.1, 0.15) is 18.2 Å². The van der Waals surface area contributed by atoms with Crippen LogP contribution in [0.15, 0.2) is 42.5 Å². The van der Waals surface area contributed by atoms with Gasteiger partial charge in [-0.1, -0.05) is 35.4 Å². The number of hydrogen-bond acceptors (Lipinski definition) is 3. The van der Waals surface area contributed by atoms with Crippen molar-refractivity contribution in [2.75, 3.05) is 19.7 Å². The van der Waals surface area contributed by atoms with Crippen molar-refractivity contribution < 1.29 is 13.9 Å². The normalized spacial score (nSPS) is 16.4. The Kier molecular flexibility index (Phi) is 7.51. The molecule has 1 atom stereocenters. The Morgan fingerprint density at radius 3 is 2.59 bits per heavy atom. The van der Waals surface area contributed by atoms with Crippen molar-refractivity contribution in [3.05, 3.63) is 64.4 Å². The maximum atomic E-state index is 14.0. The minimum absolute atomic E-state index is 0.0239. The topological polar surface area (TPSA) is 41.6 Å². The monoisotopic (exact) mass is 418 g/mol. The van der Waals surface area contributed by atoms with Crippen molar-refractivity contribution in [3.8, 4) is 5.75 Å². The van der Waals surface area contributed by atoms with Crippen molar-refractivity contribution in [3.63, 3.8) is 0 Å². The minimum atomic E-state index is -0.278. The number of rotatable bonds is 7. The number of likely N-dealkylation sites (tertiary alicyclic amines) is 1. The minimum Gasteiger partial charge on any atom is -0.491 e. The van der Waals surface area contributed by atoms with Crippen LogP contribution in [0.5, 0.6) is 5.75 Å². The zero-order chi connectivity index (χ0) is 20.8. The molecule has 0 spiro atoms. The molecule has 0 unspecified atom stereocenters. The van der Waals surface area contributed by atoms with Crippen LogP contribution in [0, 0.1) is 18.7 Å². The fraction of sp³-hybridized carbons (Fsp3) is 0.435. The molecule has 29 heavy (non-hydrogen) atoms. The van der Waals surface area contributed by atoms with Gasteiger partial charge < -0.3 is 10.1 Å². The van der Waals surface area contributed by atoms with E-state index in [1.165, 1.54) is 11.6 Å². The van der Waals surface area contributed by atoms with Crippen LogP contribution in [-0.4, -0.2) is 36.5 Å². The molecule has 1 saturated heterocycles. The highest BCUT2D eigenvalue weighted by Gasteiger charge is 2.26. The fourth-order valence-electron chi connectivity index (χ4n) is 3.52. The van der Waals surface area contributed by atoms with E-state index in [2.05, 4.69) is 10.2 Å². The number of piperidine rings is 1. The summed E-state index contributed by atoms with van der Waals surface area (Å²) in [7, 11) is 0. The van der Waals surface area contributed by atoms with Gasteiger partial charge in [0.15, 0.2) is 0 Å². The highest BCUT2D eigenvalue weighted by atomic mass is 35.5. The molecule has 156 valence electrons. The summed E-state index contributed by atoms with van der Waals surface area (Å²) in [5.41, 5.74) is 1.71. The van der Waals surface area contributed by atoms with E-state index in [4.69, 9.17) is 16.3 Å². The molecule has 0 bridgehead atoms. The largest absolute Gasteiger partial charge is 0.491 e. The van der Waals surface area contributed by atoms with Crippen molar-refractivity contribution in [1.29, 1.82) is 0 Å². The molecular weight excluding hydrogens is 391 g/mol. The SMILES string of the molecule is Cc1ccc(OC[C@@H](C)NC(=O)C2CCN(Cc3c(F)cccc3Cl)CC2)cc1. The van der Waals surface area contributed by atoms with Crippen LogP contribution in [0.1, 0.15) is 30.9 Å². The third kappa shape index (κ3) is 6.18. The summed E-state index contributed by atoms with van der Waals surface area (Å²) in [5.74, 6) is 0.564. The van der Waals surface area contributed by atoms with Gasteiger partial charge in [-0.05, 0) is 64.0 Å². The number of halogens is 2. The lowest BCUT2D eigenvalue weighted by atomic mass is 9.95. The molecule has 2 aromatic rings.